The van der Waals surface area contributed by atoms with Crippen molar-refractivity contribution in [2.45, 2.75) is 40.3 Å². The SMILES string of the molecule is CCCOc1ccc(CN2C(=O)NC(=O)/C(=C\c3ccc(OCc4ccc(C)cc4)c(OC)c3)C2=O)cc1OCC. The van der Waals surface area contributed by atoms with Crippen molar-refractivity contribution in [3.63, 3.8) is 0 Å². The number of hydrogen-bond donors (Lipinski definition) is 1. The van der Waals surface area contributed by atoms with Gasteiger partial charge in [0, 0.05) is 0 Å². The van der Waals surface area contributed by atoms with Crippen molar-refractivity contribution >= 4 is 23.9 Å². The number of imide groups is 2. The highest BCUT2D eigenvalue weighted by atomic mass is 16.5. The van der Waals surface area contributed by atoms with Crippen LogP contribution >= 0.6 is 0 Å². The molecule has 1 fully saturated rings. The standard InChI is InChI=1S/C32H34N2O7/c1-5-15-40-27-14-12-24(18-29(27)39-6-2)19-34-31(36)25(30(35)33-32(34)37)16-23-11-13-26(28(17-23)38-4)41-20-22-9-7-21(3)8-10-22/h7-14,16-18H,5-6,15,19-20H2,1-4H3,(H,33,35,37)/b25-16+. The van der Waals surface area contributed by atoms with Crippen molar-refractivity contribution in [3.05, 3.63) is 88.5 Å². The average Bonchev–Trinajstić information content (AvgIpc) is 2.97. The Morgan fingerprint density at radius 3 is 2.22 bits per heavy atom. The molecule has 1 aliphatic heterocycles. The van der Waals surface area contributed by atoms with E-state index in [1.807, 2.05) is 45.0 Å². The lowest BCUT2D eigenvalue weighted by Crippen LogP contribution is -2.53. The third-order valence-corrected chi connectivity index (χ3v) is 6.31. The zero-order valence-corrected chi connectivity index (χ0v) is 23.7. The molecule has 1 aliphatic rings. The van der Waals surface area contributed by atoms with Crippen molar-refractivity contribution in [1.29, 1.82) is 0 Å². The fourth-order valence-corrected chi connectivity index (χ4v) is 4.18. The molecule has 9 heteroatoms. The van der Waals surface area contributed by atoms with Crippen LogP contribution in [0.25, 0.3) is 6.08 Å². The summed E-state index contributed by atoms with van der Waals surface area (Å²) in [6.45, 7) is 7.14. The van der Waals surface area contributed by atoms with E-state index in [0.29, 0.717) is 53.9 Å². The maximum Gasteiger partial charge on any atom is 0.331 e. The third-order valence-electron chi connectivity index (χ3n) is 6.31. The number of methoxy groups -OCH3 is 1. The molecule has 41 heavy (non-hydrogen) atoms. The fourth-order valence-electron chi connectivity index (χ4n) is 4.18. The van der Waals surface area contributed by atoms with E-state index >= 15 is 0 Å². The van der Waals surface area contributed by atoms with Gasteiger partial charge in [0.15, 0.2) is 23.0 Å². The normalized spacial score (nSPS) is 14.2. The number of carbonyl (C=O) groups is 3. The van der Waals surface area contributed by atoms with Crippen LogP contribution in [-0.4, -0.2) is 43.1 Å². The molecule has 0 atom stereocenters. The summed E-state index contributed by atoms with van der Waals surface area (Å²) in [5.74, 6) is 0.588. The predicted molar refractivity (Wildman–Crippen MR) is 154 cm³/mol. The number of nitrogens with zero attached hydrogens (tertiary/aromatic N) is 1. The maximum atomic E-state index is 13.3. The molecule has 4 rings (SSSR count). The molecule has 1 heterocycles. The van der Waals surface area contributed by atoms with Gasteiger partial charge in [0.2, 0.25) is 0 Å². The smallest absolute Gasteiger partial charge is 0.331 e. The number of carbonyl (C=O) groups excluding carboxylic acids is 3. The van der Waals surface area contributed by atoms with Crippen molar-refractivity contribution in [2.75, 3.05) is 20.3 Å². The van der Waals surface area contributed by atoms with Gasteiger partial charge in [-0.25, -0.2) is 4.79 Å². The van der Waals surface area contributed by atoms with Crippen LogP contribution in [0, 0.1) is 6.92 Å². The first-order valence-electron chi connectivity index (χ1n) is 13.5. The van der Waals surface area contributed by atoms with E-state index < -0.39 is 17.8 Å². The molecule has 0 unspecified atom stereocenters. The largest absolute Gasteiger partial charge is 0.493 e. The number of amides is 4. The van der Waals surface area contributed by atoms with Gasteiger partial charge < -0.3 is 18.9 Å². The van der Waals surface area contributed by atoms with Crippen LogP contribution in [-0.2, 0) is 22.7 Å². The van der Waals surface area contributed by atoms with Crippen molar-refractivity contribution in [2.24, 2.45) is 0 Å². The van der Waals surface area contributed by atoms with E-state index in [9.17, 15) is 14.4 Å². The van der Waals surface area contributed by atoms with E-state index in [4.69, 9.17) is 18.9 Å². The van der Waals surface area contributed by atoms with Gasteiger partial charge in [0.05, 0.1) is 26.9 Å². The fraction of sp³-hybridized carbons (Fsp3) is 0.281. The highest BCUT2D eigenvalue weighted by Crippen LogP contribution is 2.31. The molecule has 1 N–H and O–H groups in total. The molecule has 3 aromatic rings. The van der Waals surface area contributed by atoms with Crippen LogP contribution in [0.15, 0.2) is 66.2 Å². The lowest BCUT2D eigenvalue weighted by atomic mass is 10.1. The number of aryl methyl sites for hydroxylation is 1. The van der Waals surface area contributed by atoms with Crippen molar-refractivity contribution in [3.8, 4) is 23.0 Å². The molecule has 0 radical (unpaired) electrons. The predicted octanol–water partition coefficient (Wildman–Crippen LogP) is 5.43. The Kier molecular flexibility index (Phi) is 9.63. The van der Waals surface area contributed by atoms with Crippen LogP contribution < -0.4 is 24.3 Å². The van der Waals surface area contributed by atoms with Crippen LogP contribution in [0.4, 0.5) is 4.79 Å². The molecular formula is C32H34N2O7. The zero-order valence-electron chi connectivity index (χ0n) is 23.7. The van der Waals surface area contributed by atoms with Gasteiger partial charge in [0.1, 0.15) is 12.2 Å². The minimum Gasteiger partial charge on any atom is -0.493 e. The Morgan fingerprint density at radius 1 is 0.805 bits per heavy atom. The first-order valence-corrected chi connectivity index (χ1v) is 13.5. The summed E-state index contributed by atoms with van der Waals surface area (Å²) in [7, 11) is 1.51. The van der Waals surface area contributed by atoms with Crippen LogP contribution in [0.1, 0.15) is 42.5 Å². The van der Waals surface area contributed by atoms with Gasteiger partial charge in [-0.05, 0) is 67.3 Å². The second-order valence-corrected chi connectivity index (χ2v) is 9.46. The van der Waals surface area contributed by atoms with E-state index in [1.54, 1.807) is 36.4 Å². The Labute approximate surface area is 239 Å². The quantitative estimate of drug-likeness (QED) is 0.233. The molecule has 3 aromatic carbocycles. The zero-order chi connectivity index (χ0) is 29.4. The minimum atomic E-state index is -0.793. The second-order valence-electron chi connectivity index (χ2n) is 9.46. The average molecular weight is 559 g/mol. The third kappa shape index (κ3) is 7.25. The number of nitrogens with one attached hydrogen (secondary N) is 1. The van der Waals surface area contributed by atoms with Crippen LogP contribution in [0.5, 0.6) is 23.0 Å². The minimum absolute atomic E-state index is 0.0570. The molecule has 4 amide bonds. The number of hydrogen-bond acceptors (Lipinski definition) is 7. The highest BCUT2D eigenvalue weighted by Gasteiger charge is 2.36. The monoisotopic (exact) mass is 558 g/mol. The van der Waals surface area contributed by atoms with E-state index in [1.165, 1.54) is 13.2 Å². The Bertz CT molecular complexity index is 1450. The number of ether oxygens (including phenoxy) is 4. The van der Waals surface area contributed by atoms with Crippen molar-refractivity contribution in [1.82, 2.24) is 10.2 Å². The summed E-state index contributed by atoms with van der Waals surface area (Å²) in [6.07, 6.45) is 2.27. The number of benzene rings is 3. The lowest BCUT2D eigenvalue weighted by molar-refractivity contribution is -0.130. The number of rotatable bonds is 12. The van der Waals surface area contributed by atoms with E-state index in [0.717, 1.165) is 22.4 Å². The molecule has 0 aromatic heterocycles. The first-order chi connectivity index (χ1) is 19.8. The van der Waals surface area contributed by atoms with Crippen molar-refractivity contribution < 1.29 is 33.3 Å². The Morgan fingerprint density at radius 2 is 1.51 bits per heavy atom. The second kappa shape index (κ2) is 13.5. The summed E-state index contributed by atoms with van der Waals surface area (Å²) in [5.41, 5.74) is 3.18. The van der Waals surface area contributed by atoms with Gasteiger partial charge in [-0.15, -0.1) is 0 Å². The van der Waals surface area contributed by atoms with Gasteiger partial charge >= 0.3 is 6.03 Å². The van der Waals surface area contributed by atoms with Crippen LogP contribution in [0.3, 0.4) is 0 Å². The molecule has 0 bridgehead atoms. The maximum absolute atomic E-state index is 13.3. The number of barbiturate groups is 1. The van der Waals surface area contributed by atoms with Gasteiger partial charge in [-0.1, -0.05) is 48.9 Å². The molecule has 0 aliphatic carbocycles. The lowest BCUT2D eigenvalue weighted by Gasteiger charge is -2.26. The summed E-state index contributed by atoms with van der Waals surface area (Å²) in [6, 6.07) is 17.6. The Balaban J connectivity index is 1.53. The molecule has 0 saturated carbocycles. The van der Waals surface area contributed by atoms with E-state index in [-0.39, 0.29) is 12.1 Å². The summed E-state index contributed by atoms with van der Waals surface area (Å²) >= 11 is 0. The van der Waals surface area contributed by atoms with Crippen LogP contribution in [0.2, 0.25) is 0 Å². The molecular weight excluding hydrogens is 524 g/mol. The van der Waals surface area contributed by atoms with Gasteiger partial charge in [-0.2, -0.15) is 0 Å². The Hall–Kier alpha value is -4.79. The van der Waals surface area contributed by atoms with Gasteiger partial charge in [0.25, 0.3) is 11.8 Å². The molecule has 9 nitrogen and oxygen atoms in total. The molecule has 1 saturated heterocycles. The summed E-state index contributed by atoms with van der Waals surface area (Å²) in [4.78, 5) is 39.6. The van der Waals surface area contributed by atoms with Gasteiger partial charge in [-0.3, -0.25) is 19.8 Å². The topological polar surface area (TPSA) is 103 Å². The molecule has 214 valence electrons. The molecule has 0 spiro atoms. The first kappa shape index (κ1) is 29.2. The summed E-state index contributed by atoms with van der Waals surface area (Å²) < 4.78 is 22.9. The summed E-state index contributed by atoms with van der Waals surface area (Å²) in [5, 5.41) is 2.26. The number of urea groups is 1. The van der Waals surface area contributed by atoms with E-state index in [2.05, 4.69) is 5.32 Å². The highest BCUT2D eigenvalue weighted by molar-refractivity contribution is 6.30.